The molecule has 3 rings (SSSR count). The van der Waals surface area contributed by atoms with Crippen LogP contribution in [0.2, 0.25) is 0 Å². The van der Waals surface area contributed by atoms with Crippen molar-refractivity contribution in [2.75, 3.05) is 35.4 Å². The van der Waals surface area contributed by atoms with Crippen molar-refractivity contribution in [3.63, 3.8) is 0 Å². The highest BCUT2D eigenvalue weighted by Crippen LogP contribution is 2.26. The minimum Gasteiger partial charge on any atom is -0.396 e. The van der Waals surface area contributed by atoms with Gasteiger partial charge in [0.05, 0.1) is 6.67 Å². The van der Waals surface area contributed by atoms with Gasteiger partial charge < -0.3 is 20.6 Å². The monoisotopic (exact) mass is 301 g/mol. The van der Waals surface area contributed by atoms with Gasteiger partial charge in [0.25, 0.3) is 5.56 Å². The minimum atomic E-state index is -0.187. The van der Waals surface area contributed by atoms with E-state index in [1.165, 1.54) is 0 Å². The molecule has 0 atom stereocenters. The third kappa shape index (κ3) is 3.04. The fourth-order valence-electron chi connectivity index (χ4n) is 2.42. The van der Waals surface area contributed by atoms with Crippen LogP contribution in [0.1, 0.15) is 12.8 Å². The first kappa shape index (κ1) is 14.4. The first-order valence-electron chi connectivity index (χ1n) is 7.34. The molecule has 7 heteroatoms. The van der Waals surface area contributed by atoms with Crippen LogP contribution in [0.3, 0.4) is 0 Å². The van der Waals surface area contributed by atoms with Gasteiger partial charge in [0.1, 0.15) is 5.69 Å². The number of aromatic nitrogens is 2. The van der Waals surface area contributed by atoms with Crippen molar-refractivity contribution in [2.45, 2.75) is 12.8 Å². The average Bonchev–Trinajstić information content (AvgIpc) is 2.92. The van der Waals surface area contributed by atoms with Crippen LogP contribution in [0.15, 0.2) is 35.1 Å². The van der Waals surface area contributed by atoms with E-state index in [0.29, 0.717) is 24.1 Å². The summed E-state index contributed by atoms with van der Waals surface area (Å²) in [5.74, 6) is 1.07. The molecule has 2 heterocycles. The molecule has 0 spiro atoms. The predicted octanol–water partition coefficient (Wildman–Crippen LogP) is 1.48. The number of para-hydroxylation sites is 1. The van der Waals surface area contributed by atoms with Gasteiger partial charge in [-0.05, 0) is 25.0 Å². The number of nitrogens with one attached hydrogen (secondary N) is 3. The SMILES string of the molecule is O=c1[nH]c(Nc2ccccc2)nc2c1NCN2CCCCO. The Bertz CT molecular complexity index is 686. The molecule has 0 radical (unpaired) electrons. The molecule has 4 N–H and O–H groups in total. The molecule has 0 saturated carbocycles. The lowest BCUT2D eigenvalue weighted by Gasteiger charge is -2.16. The molecule has 0 saturated heterocycles. The number of aliphatic hydroxyl groups is 1. The summed E-state index contributed by atoms with van der Waals surface area (Å²) in [6.45, 7) is 1.49. The molecule has 7 nitrogen and oxygen atoms in total. The first-order valence-corrected chi connectivity index (χ1v) is 7.34. The first-order chi connectivity index (χ1) is 10.8. The Hall–Kier alpha value is -2.54. The standard InChI is InChI=1S/C15H19N5O2/c21-9-5-4-8-20-10-16-12-13(20)18-15(19-14(12)22)17-11-6-2-1-3-7-11/h1-3,6-7,16,21H,4-5,8-10H2,(H2,17,18,19,22). The lowest BCUT2D eigenvalue weighted by Crippen LogP contribution is -2.24. The third-order valence-electron chi connectivity index (χ3n) is 3.52. The highest BCUT2D eigenvalue weighted by Gasteiger charge is 2.23. The van der Waals surface area contributed by atoms with E-state index >= 15 is 0 Å². The van der Waals surface area contributed by atoms with Crippen LogP contribution in [0.4, 0.5) is 23.1 Å². The Morgan fingerprint density at radius 2 is 2.09 bits per heavy atom. The molecule has 116 valence electrons. The molecule has 0 aliphatic carbocycles. The molecule has 22 heavy (non-hydrogen) atoms. The Balaban J connectivity index is 1.81. The van der Waals surface area contributed by atoms with Crippen LogP contribution >= 0.6 is 0 Å². The van der Waals surface area contributed by atoms with Crippen molar-refractivity contribution in [3.05, 3.63) is 40.7 Å². The number of fused-ring (bicyclic) bond motifs is 1. The van der Waals surface area contributed by atoms with Crippen LogP contribution in [0.5, 0.6) is 0 Å². The predicted molar refractivity (Wildman–Crippen MR) is 86.7 cm³/mol. The number of hydrogen-bond donors (Lipinski definition) is 4. The molecule has 0 bridgehead atoms. The van der Waals surface area contributed by atoms with Crippen molar-refractivity contribution in [2.24, 2.45) is 0 Å². The summed E-state index contributed by atoms with van der Waals surface area (Å²) in [5.41, 5.74) is 1.18. The van der Waals surface area contributed by atoms with Gasteiger partial charge in [-0.25, -0.2) is 0 Å². The molecule has 2 aromatic rings. The number of H-pyrrole nitrogens is 1. The fourth-order valence-corrected chi connectivity index (χ4v) is 2.42. The van der Waals surface area contributed by atoms with Crippen LogP contribution in [-0.4, -0.2) is 34.9 Å². The van der Waals surface area contributed by atoms with E-state index in [0.717, 1.165) is 25.1 Å². The number of nitrogens with zero attached hydrogens (tertiary/aromatic N) is 2. The summed E-state index contributed by atoms with van der Waals surface area (Å²) in [5, 5.41) is 15.0. The second kappa shape index (κ2) is 6.48. The third-order valence-corrected chi connectivity index (χ3v) is 3.52. The Morgan fingerprint density at radius 3 is 2.86 bits per heavy atom. The maximum Gasteiger partial charge on any atom is 0.277 e. The minimum absolute atomic E-state index is 0.178. The van der Waals surface area contributed by atoms with E-state index in [9.17, 15) is 4.79 Å². The van der Waals surface area contributed by atoms with E-state index in [2.05, 4.69) is 20.6 Å². The number of hydrogen-bond acceptors (Lipinski definition) is 6. The summed E-state index contributed by atoms with van der Waals surface area (Å²) in [4.78, 5) is 21.4. The molecular formula is C15H19N5O2. The molecule has 1 aromatic heterocycles. The van der Waals surface area contributed by atoms with Crippen LogP contribution in [-0.2, 0) is 0 Å². The van der Waals surface area contributed by atoms with Crippen molar-refractivity contribution in [3.8, 4) is 0 Å². The Morgan fingerprint density at radius 1 is 1.27 bits per heavy atom. The van der Waals surface area contributed by atoms with Gasteiger partial charge in [0, 0.05) is 18.8 Å². The highest BCUT2D eigenvalue weighted by molar-refractivity contribution is 5.71. The Labute approximate surface area is 128 Å². The van der Waals surface area contributed by atoms with Gasteiger partial charge in [-0.1, -0.05) is 18.2 Å². The van der Waals surface area contributed by atoms with E-state index in [1.54, 1.807) is 0 Å². The number of rotatable bonds is 6. The molecule has 0 fully saturated rings. The van der Waals surface area contributed by atoms with Crippen LogP contribution in [0, 0.1) is 0 Å². The fraction of sp³-hybridized carbons (Fsp3) is 0.333. The number of benzene rings is 1. The van der Waals surface area contributed by atoms with Gasteiger partial charge >= 0.3 is 0 Å². The van der Waals surface area contributed by atoms with E-state index in [1.807, 2.05) is 35.2 Å². The second-order valence-corrected chi connectivity index (χ2v) is 5.13. The van der Waals surface area contributed by atoms with Crippen molar-refractivity contribution >= 4 is 23.1 Å². The van der Waals surface area contributed by atoms with E-state index in [-0.39, 0.29) is 12.2 Å². The van der Waals surface area contributed by atoms with E-state index in [4.69, 9.17) is 5.11 Å². The van der Waals surface area contributed by atoms with Crippen LogP contribution in [0.25, 0.3) is 0 Å². The van der Waals surface area contributed by atoms with Gasteiger partial charge in [0.2, 0.25) is 5.95 Å². The van der Waals surface area contributed by atoms with Crippen molar-refractivity contribution in [1.29, 1.82) is 0 Å². The van der Waals surface area contributed by atoms with Gasteiger partial charge in [-0.2, -0.15) is 4.98 Å². The second-order valence-electron chi connectivity index (χ2n) is 5.13. The summed E-state index contributed by atoms with van der Waals surface area (Å²) < 4.78 is 0. The zero-order valence-corrected chi connectivity index (χ0v) is 12.2. The maximum absolute atomic E-state index is 12.1. The van der Waals surface area contributed by atoms with E-state index < -0.39 is 0 Å². The largest absolute Gasteiger partial charge is 0.396 e. The Kier molecular flexibility index (Phi) is 4.24. The molecule has 0 amide bonds. The molecule has 1 aromatic carbocycles. The van der Waals surface area contributed by atoms with Gasteiger partial charge in [0.15, 0.2) is 5.82 Å². The lowest BCUT2D eigenvalue weighted by molar-refractivity contribution is 0.285. The van der Waals surface area contributed by atoms with Crippen molar-refractivity contribution in [1.82, 2.24) is 9.97 Å². The summed E-state index contributed by atoms with van der Waals surface area (Å²) in [6, 6.07) is 9.57. The lowest BCUT2D eigenvalue weighted by atomic mass is 10.3. The summed E-state index contributed by atoms with van der Waals surface area (Å²) >= 11 is 0. The van der Waals surface area contributed by atoms with Crippen LogP contribution < -0.4 is 21.1 Å². The number of aromatic amines is 1. The molecule has 1 aliphatic rings. The summed E-state index contributed by atoms with van der Waals surface area (Å²) in [6.07, 6.45) is 1.59. The quantitative estimate of drug-likeness (QED) is 0.604. The normalized spacial score (nSPS) is 12.9. The zero-order valence-electron chi connectivity index (χ0n) is 12.2. The molecular weight excluding hydrogens is 282 g/mol. The molecule has 1 aliphatic heterocycles. The van der Waals surface area contributed by atoms with Gasteiger partial charge in [-0.3, -0.25) is 9.78 Å². The number of aliphatic hydroxyl groups excluding tert-OH is 1. The molecule has 0 unspecified atom stereocenters. The zero-order chi connectivity index (χ0) is 15.4. The smallest absolute Gasteiger partial charge is 0.277 e. The highest BCUT2D eigenvalue weighted by atomic mass is 16.2. The van der Waals surface area contributed by atoms with Gasteiger partial charge in [-0.15, -0.1) is 0 Å². The number of anilines is 4. The number of unbranched alkanes of at least 4 members (excludes halogenated alkanes) is 1. The maximum atomic E-state index is 12.1. The van der Waals surface area contributed by atoms with Crippen molar-refractivity contribution < 1.29 is 5.11 Å². The average molecular weight is 301 g/mol. The topological polar surface area (TPSA) is 93.3 Å². The summed E-state index contributed by atoms with van der Waals surface area (Å²) in [7, 11) is 0.